The summed E-state index contributed by atoms with van der Waals surface area (Å²) in [6, 6.07) is 17.1. The first-order valence-electron chi connectivity index (χ1n) is 11.9. The molecule has 2 amide bonds. The van der Waals surface area contributed by atoms with Crippen molar-refractivity contribution in [1.82, 2.24) is 10.2 Å². The van der Waals surface area contributed by atoms with Crippen molar-refractivity contribution in [2.24, 2.45) is 5.73 Å². The molecule has 1 heterocycles. The molecule has 1 aliphatic rings. The molecule has 1 aliphatic heterocycles. The molecule has 34 heavy (non-hydrogen) atoms. The van der Waals surface area contributed by atoms with Crippen molar-refractivity contribution in [3.63, 3.8) is 0 Å². The number of ether oxygens (including phenoxy) is 3. The van der Waals surface area contributed by atoms with Crippen LogP contribution >= 0.6 is 0 Å². The molecule has 1 saturated heterocycles. The molecule has 2 aromatic carbocycles. The van der Waals surface area contributed by atoms with Crippen molar-refractivity contribution >= 4 is 11.8 Å². The molecular formula is C26H35N3O5. The van der Waals surface area contributed by atoms with Crippen LogP contribution in [0.2, 0.25) is 0 Å². The summed E-state index contributed by atoms with van der Waals surface area (Å²) in [7, 11) is 0. The first-order chi connectivity index (χ1) is 16.7. The Labute approximate surface area is 201 Å². The van der Waals surface area contributed by atoms with Gasteiger partial charge < -0.3 is 30.2 Å². The van der Waals surface area contributed by atoms with E-state index in [-0.39, 0.29) is 18.2 Å². The van der Waals surface area contributed by atoms with E-state index in [0.717, 1.165) is 23.3 Å². The molecule has 0 spiro atoms. The Morgan fingerprint density at radius 2 is 1.68 bits per heavy atom. The number of nitrogens with two attached hydrogens (primary N) is 1. The van der Waals surface area contributed by atoms with Crippen LogP contribution in [0.15, 0.2) is 54.6 Å². The van der Waals surface area contributed by atoms with Crippen LogP contribution in [-0.2, 0) is 32.1 Å². The second-order valence-corrected chi connectivity index (χ2v) is 8.14. The maximum absolute atomic E-state index is 12.9. The molecule has 2 aromatic rings. The van der Waals surface area contributed by atoms with Crippen molar-refractivity contribution in [3.8, 4) is 5.75 Å². The Morgan fingerprint density at radius 3 is 2.41 bits per heavy atom. The van der Waals surface area contributed by atoms with Crippen molar-refractivity contribution in [2.45, 2.75) is 31.9 Å². The Bertz CT molecular complexity index is 876. The van der Waals surface area contributed by atoms with Crippen molar-refractivity contribution < 1.29 is 23.8 Å². The number of likely N-dealkylation sites (tertiary alicyclic amines) is 1. The standard InChI is InChI=1S/C26H35N3O5/c27-12-15-32-17-18-33-16-13-28-26(31)24-7-4-14-29(24)25(30)19-21-8-10-23(11-9-21)34-20-22-5-2-1-3-6-22/h1-3,5-6,8-11,24H,4,7,12-20,27H2,(H,28,31). The lowest BCUT2D eigenvalue weighted by Gasteiger charge is -2.24. The van der Waals surface area contributed by atoms with Gasteiger partial charge in [-0.05, 0) is 36.1 Å². The monoisotopic (exact) mass is 469 g/mol. The lowest BCUT2D eigenvalue weighted by atomic mass is 10.1. The Kier molecular flexibility index (Phi) is 10.8. The molecule has 0 aromatic heterocycles. The van der Waals surface area contributed by atoms with E-state index in [1.54, 1.807) is 4.90 Å². The van der Waals surface area contributed by atoms with Gasteiger partial charge in [0.2, 0.25) is 11.8 Å². The maximum Gasteiger partial charge on any atom is 0.242 e. The minimum atomic E-state index is -0.422. The SMILES string of the molecule is NCCOCCOCCNC(=O)C1CCCN1C(=O)Cc1ccc(OCc2ccccc2)cc1. The zero-order chi connectivity index (χ0) is 24.0. The molecule has 1 fully saturated rings. The predicted molar refractivity (Wildman–Crippen MR) is 129 cm³/mol. The average molecular weight is 470 g/mol. The summed E-state index contributed by atoms with van der Waals surface area (Å²) in [4.78, 5) is 27.2. The highest BCUT2D eigenvalue weighted by Crippen LogP contribution is 2.20. The minimum Gasteiger partial charge on any atom is -0.489 e. The Balaban J connectivity index is 1.39. The van der Waals surface area contributed by atoms with Crippen LogP contribution in [0.1, 0.15) is 24.0 Å². The zero-order valence-corrected chi connectivity index (χ0v) is 19.6. The number of hydrogen-bond donors (Lipinski definition) is 2. The van der Waals surface area contributed by atoms with E-state index in [1.807, 2.05) is 54.6 Å². The summed E-state index contributed by atoms with van der Waals surface area (Å²) in [5.41, 5.74) is 7.35. The molecule has 1 atom stereocenters. The molecule has 184 valence electrons. The lowest BCUT2D eigenvalue weighted by molar-refractivity contribution is -0.138. The maximum atomic E-state index is 12.9. The third kappa shape index (κ3) is 8.44. The summed E-state index contributed by atoms with van der Waals surface area (Å²) in [5.74, 6) is 0.592. The summed E-state index contributed by atoms with van der Waals surface area (Å²) < 4.78 is 16.5. The van der Waals surface area contributed by atoms with Gasteiger partial charge in [0.25, 0.3) is 0 Å². The number of nitrogens with zero attached hydrogens (tertiary/aromatic N) is 1. The van der Waals surface area contributed by atoms with Gasteiger partial charge in [0, 0.05) is 19.6 Å². The predicted octanol–water partition coefficient (Wildman–Crippen LogP) is 1.91. The van der Waals surface area contributed by atoms with E-state index in [4.69, 9.17) is 19.9 Å². The summed E-state index contributed by atoms with van der Waals surface area (Å²) >= 11 is 0. The second kappa shape index (κ2) is 14.3. The zero-order valence-electron chi connectivity index (χ0n) is 19.6. The Morgan fingerprint density at radius 1 is 0.941 bits per heavy atom. The van der Waals surface area contributed by atoms with Gasteiger partial charge in [-0.1, -0.05) is 42.5 Å². The molecule has 8 nitrogen and oxygen atoms in total. The molecule has 8 heteroatoms. The van der Waals surface area contributed by atoms with E-state index >= 15 is 0 Å². The lowest BCUT2D eigenvalue weighted by Crippen LogP contribution is -2.47. The first kappa shape index (κ1) is 25.7. The van der Waals surface area contributed by atoms with Crippen molar-refractivity contribution in [1.29, 1.82) is 0 Å². The number of carbonyl (C=O) groups excluding carboxylic acids is 2. The normalized spacial score (nSPS) is 15.3. The topological polar surface area (TPSA) is 103 Å². The molecular weight excluding hydrogens is 434 g/mol. The smallest absolute Gasteiger partial charge is 0.242 e. The molecule has 0 saturated carbocycles. The number of nitrogens with one attached hydrogen (secondary N) is 1. The van der Waals surface area contributed by atoms with Gasteiger partial charge in [-0.15, -0.1) is 0 Å². The number of amides is 2. The van der Waals surface area contributed by atoms with Crippen LogP contribution in [-0.4, -0.2) is 68.8 Å². The largest absolute Gasteiger partial charge is 0.489 e. The van der Waals surface area contributed by atoms with Crippen LogP contribution < -0.4 is 15.8 Å². The van der Waals surface area contributed by atoms with Crippen molar-refractivity contribution in [2.75, 3.05) is 46.1 Å². The number of rotatable bonds is 14. The average Bonchev–Trinajstić information content (AvgIpc) is 3.36. The van der Waals surface area contributed by atoms with E-state index in [2.05, 4.69) is 5.32 Å². The second-order valence-electron chi connectivity index (χ2n) is 8.14. The fraction of sp³-hybridized carbons (Fsp3) is 0.462. The van der Waals surface area contributed by atoms with Crippen LogP contribution in [0.3, 0.4) is 0 Å². The van der Waals surface area contributed by atoms with Gasteiger partial charge in [-0.3, -0.25) is 9.59 Å². The van der Waals surface area contributed by atoms with Crippen LogP contribution in [0, 0.1) is 0 Å². The molecule has 0 bridgehead atoms. The summed E-state index contributed by atoms with van der Waals surface area (Å²) in [6.07, 6.45) is 1.76. The molecule has 3 N–H and O–H groups in total. The number of benzene rings is 2. The van der Waals surface area contributed by atoms with Crippen LogP contribution in [0.4, 0.5) is 0 Å². The highest BCUT2D eigenvalue weighted by Gasteiger charge is 2.33. The van der Waals surface area contributed by atoms with E-state index < -0.39 is 6.04 Å². The van der Waals surface area contributed by atoms with Gasteiger partial charge in [0.1, 0.15) is 18.4 Å². The fourth-order valence-electron chi connectivity index (χ4n) is 3.83. The highest BCUT2D eigenvalue weighted by atomic mass is 16.5. The fourth-order valence-corrected chi connectivity index (χ4v) is 3.83. The quantitative estimate of drug-likeness (QED) is 0.410. The van der Waals surface area contributed by atoms with Crippen LogP contribution in [0.5, 0.6) is 5.75 Å². The third-order valence-electron chi connectivity index (χ3n) is 5.58. The van der Waals surface area contributed by atoms with Gasteiger partial charge in [-0.25, -0.2) is 0 Å². The summed E-state index contributed by atoms with van der Waals surface area (Å²) in [5, 5.41) is 2.88. The summed E-state index contributed by atoms with van der Waals surface area (Å²) in [6.45, 7) is 3.84. The number of hydrogen-bond acceptors (Lipinski definition) is 6. The number of carbonyl (C=O) groups is 2. The van der Waals surface area contributed by atoms with E-state index in [1.165, 1.54) is 0 Å². The molecule has 0 aliphatic carbocycles. The van der Waals surface area contributed by atoms with Gasteiger partial charge in [0.15, 0.2) is 0 Å². The Hall–Kier alpha value is -2.94. The van der Waals surface area contributed by atoms with Gasteiger partial charge in [0.05, 0.1) is 32.8 Å². The van der Waals surface area contributed by atoms with Crippen LogP contribution in [0.25, 0.3) is 0 Å². The highest BCUT2D eigenvalue weighted by molar-refractivity contribution is 5.89. The minimum absolute atomic E-state index is 0.0380. The van der Waals surface area contributed by atoms with Gasteiger partial charge in [-0.2, -0.15) is 0 Å². The van der Waals surface area contributed by atoms with E-state index in [9.17, 15) is 9.59 Å². The molecule has 0 radical (unpaired) electrons. The van der Waals surface area contributed by atoms with Gasteiger partial charge >= 0.3 is 0 Å². The molecule has 3 rings (SSSR count). The molecule has 1 unspecified atom stereocenters. The van der Waals surface area contributed by atoms with Crippen molar-refractivity contribution in [3.05, 3.63) is 65.7 Å². The third-order valence-corrected chi connectivity index (χ3v) is 5.58. The van der Waals surface area contributed by atoms with E-state index in [0.29, 0.717) is 59.1 Å². The first-order valence-corrected chi connectivity index (χ1v) is 11.9.